The van der Waals surface area contributed by atoms with Crippen molar-refractivity contribution in [1.82, 2.24) is 4.90 Å². The van der Waals surface area contributed by atoms with Crippen LogP contribution in [0.3, 0.4) is 0 Å². The molecule has 1 heterocycles. The number of nitrogens with zero attached hydrogens (tertiary/aromatic N) is 1. The molecule has 1 amide bonds. The summed E-state index contributed by atoms with van der Waals surface area (Å²) in [4.78, 5) is 26.3. The molecule has 0 aliphatic carbocycles. The van der Waals surface area contributed by atoms with Crippen LogP contribution in [0, 0.1) is 5.92 Å². The van der Waals surface area contributed by atoms with Gasteiger partial charge < -0.3 is 10.0 Å². The molecule has 0 bridgehead atoms. The van der Waals surface area contributed by atoms with Crippen molar-refractivity contribution in [3.05, 3.63) is 30.3 Å². The Labute approximate surface area is 134 Å². The summed E-state index contributed by atoms with van der Waals surface area (Å²) in [6.07, 6.45) is 0.486. The fraction of sp³-hybridized carbons (Fsp3) is 0.467. The zero-order valence-corrected chi connectivity index (χ0v) is 13.5. The molecule has 21 heavy (non-hydrogen) atoms. The minimum Gasteiger partial charge on any atom is -0.480 e. The number of likely N-dealkylation sites (tertiary alicyclic amines) is 1. The summed E-state index contributed by atoms with van der Waals surface area (Å²) >= 11 is 5.77. The molecular weight excluding hydrogens is 306 g/mol. The van der Waals surface area contributed by atoms with Gasteiger partial charge in [-0.25, -0.2) is 4.79 Å². The Kier molecular flexibility index (Phi) is 5.58. The van der Waals surface area contributed by atoms with Crippen LogP contribution < -0.4 is 0 Å². The summed E-state index contributed by atoms with van der Waals surface area (Å²) < 4.78 is 0. The number of amides is 1. The number of carboxylic acids is 1. The Balaban J connectivity index is 2.08. The lowest BCUT2D eigenvalue weighted by molar-refractivity contribution is -0.149. The first-order valence-electron chi connectivity index (χ1n) is 6.88. The molecule has 1 N–H and O–H groups in total. The van der Waals surface area contributed by atoms with Crippen molar-refractivity contribution in [2.24, 2.45) is 5.92 Å². The molecule has 0 aromatic heterocycles. The third-order valence-corrected chi connectivity index (χ3v) is 5.34. The molecule has 2 rings (SSSR count). The van der Waals surface area contributed by atoms with E-state index in [4.69, 9.17) is 0 Å². The summed E-state index contributed by atoms with van der Waals surface area (Å²) in [5, 5.41) is 9.46. The van der Waals surface area contributed by atoms with Gasteiger partial charge in [-0.3, -0.25) is 4.79 Å². The fourth-order valence-electron chi connectivity index (χ4n) is 2.41. The van der Waals surface area contributed by atoms with Crippen LogP contribution in [0.15, 0.2) is 35.2 Å². The molecule has 1 aliphatic heterocycles. The lowest BCUT2D eigenvalue weighted by atomic mass is 10.1. The topological polar surface area (TPSA) is 57.6 Å². The number of rotatable bonds is 5. The number of hydrogen-bond donors (Lipinski definition) is 2. The summed E-state index contributed by atoms with van der Waals surface area (Å²) in [6.45, 7) is 2.26. The molecule has 4 nitrogen and oxygen atoms in total. The third kappa shape index (κ3) is 3.95. The molecule has 0 unspecified atom stereocenters. The molecule has 1 aromatic rings. The quantitative estimate of drug-likeness (QED) is 0.816. The fourth-order valence-corrected chi connectivity index (χ4v) is 3.78. The normalized spacial score (nSPS) is 23.0. The van der Waals surface area contributed by atoms with Crippen molar-refractivity contribution in [2.75, 3.05) is 12.3 Å². The van der Waals surface area contributed by atoms with Crippen LogP contribution in [0.4, 0.5) is 0 Å². The van der Waals surface area contributed by atoms with Crippen molar-refractivity contribution >= 4 is 36.3 Å². The highest BCUT2D eigenvalue weighted by atomic mass is 32.2. The smallest absolute Gasteiger partial charge is 0.326 e. The Morgan fingerprint density at radius 3 is 2.67 bits per heavy atom. The lowest BCUT2D eigenvalue weighted by Gasteiger charge is -2.24. The van der Waals surface area contributed by atoms with E-state index in [9.17, 15) is 14.7 Å². The van der Waals surface area contributed by atoms with Crippen LogP contribution in [-0.4, -0.2) is 45.5 Å². The second kappa shape index (κ2) is 7.22. The molecule has 6 heteroatoms. The van der Waals surface area contributed by atoms with E-state index in [1.54, 1.807) is 18.7 Å². The molecular formula is C15H19NO3S2. The number of benzene rings is 1. The van der Waals surface area contributed by atoms with Gasteiger partial charge in [-0.05, 0) is 18.6 Å². The van der Waals surface area contributed by atoms with Crippen molar-refractivity contribution in [2.45, 2.75) is 29.5 Å². The highest BCUT2D eigenvalue weighted by molar-refractivity contribution is 8.00. The molecule has 1 fully saturated rings. The number of carboxylic acid groups (broad SMARTS) is 1. The Morgan fingerprint density at radius 2 is 2.10 bits per heavy atom. The minimum absolute atomic E-state index is 0.115. The summed E-state index contributed by atoms with van der Waals surface area (Å²) in [5.74, 6) is -0.867. The average Bonchev–Trinajstić information content (AvgIpc) is 2.90. The first-order valence-corrected chi connectivity index (χ1v) is 8.40. The van der Waals surface area contributed by atoms with Crippen LogP contribution in [0.5, 0.6) is 0 Å². The van der Waals surface area contributed by atoms with Crippen LogP contribution in [0.1, 0.15) is 13.3 Å². The lowest BCUT2D eigenvalue weighted by Crippen LogP contribution is -2.43. The van der Waals surface area contributed by atoms with Crippen LogP contribution in [0.2, 0.25) is 0 Å². The molecule has 0 spiro atoms. The zero-order valence-electron chi connectivity index (χ0n) is 11.8. The first-order chi connectivity index (χ1) is 10.0. The SMILES string of the molecule is C[C@@H](CS)C(=O)N1C[C@H](Sc2ccccc2)C[C@@H]1C(=O)O. The van der Waals surface area contributed by atoms with Gasteiger partial charge in [0.25, 0.3) is 0 Å². The van der Waals surface area contributed by atoms with E-state index < -0.39 is 12.0 Å². The van der Waals surface area contributed by atoms with E-state index in [2.05, 4.69) is 12.6 Å². The van der Waals surface area contributed by atoms with Gasteiger partial charge in [-0.2, -0.15) is 12.6 Å². The van der Waals surface area contributed by atoms with Crippen molar-refractivity contribution < 1.29 is 14.7 Å². The number of aliphatic carboxylic acids is 1. The monoisotopic (exact) mass is 325 g/mol. The second-order valence-corrected chi connectivity index (χ2v) is 6.96. The Hall–Kier alpha value is -1.14. The van der Waals surface area contributed by atoms with Gasteiger partial charge in [0, 0.05) is 28.4 Å². The van der Waals surface area contributed by atoms with E-state index in [0.29, 0.717) is 18.7 Å². The molecule has 1 aromatic carbocycles. The van der Waals surface area contributed by atoms with Crippen LogP contribution in [-0.2, 0) is 9.59 Å². The maximum Gasteiger partial charge on any atom is 0.326 e. The number of hydrogen-bond acceptors (Lipinski definition) is 4. The van der Waals surface area contributed by atoms with Crippen LogP contribution >= 0.6 is 24.4 Å². The van der Waals surface area contributed by atoms with Crippen molar-refractivity contribution in [3.63, 3.8) is 0 Å². The molecule has 0 radical (unpaired) electrons. The van der Waals surface area contributed by atoms with Gasteiger partial charge in [0.05, 0.1) is 0 Å². The van der Waals surface area contributed by atoms with Gasteiger partial charge in [-0.15, -0.1) is 11.8 Å². The number of carbonyl (C=O) groups is 2. The molecule has 3 atom stereocenters. The Bertz CT molecular complexity index is 509. The summed E-state index contributed by atoms with van der Waals surface area (Å²) in [5.41, 5.74) is 0. The first kappa shape index (κ1) is 16.2. The van der Waals surface area contributed by atoms with E-state index in [-0.39, 0.29) is 17.1 Å². The molecule has 1 saturated heterocycles. The highest BCUT2D eigenvalue weighted by Gasteiger charge is 2.40. The van der Waals surface area contributed by atoms with E-state index >= 15 is 0 Å². The van der Waals surface area contributed by atoms with Gasteiger partial charge in [0.15, 0.2) is 0 Å². The largest absolute Gasteiger partial charge is 0.480 e. The predicted molar refractivity (Wildman–Crippen MR) is 86.9 cm³/mol. The average molecular weight is 325 g/mol. The standard InChI is InChI=1S/C15H19NO3S2/c1-10(9-20)14(17)16-8-12(7-13(16)15(18)19)21-11-5-3-2-4-6-11/h2-6,10,12-13,20H,7-9H2,1H3,(H,18,19)/t10-,12+,13+/m0/s1. The van der Waals surface area contributed by atoms with Crippen molar-refractivity contribution in [3.8, 4) is 0 Å². The van der Waals surface area contributed by atoms with E-state index in [1.807, 2.05) is 30.3 Å². The van der Waals surface area contributed by atoms with Gasteiger partial charge in [-0.1, -0.05) is 25.1 Å². The summed E-state index contributed by atoms with van der Waals surface area (Å²) in [6, 6.07) is 9.14. The molecule has 114 valence electrons. The number of carbonyl (C=O) groups excluding carboxylic acids is 1. The molecule has 0 saturated carbocycles. The number of thioether (sulfide) groups is 1. The van der Waals surface area contributed by atoms with Gasteiger partial charge >= 0.3 is 5.97 Å². The van der Waals surface area contributed by atoms with E-state index in [1.165, 1.54) is 4.90 Å². The molecule has 1 aliphatic rings. The highest BCUT2D eigenvalue weighted by Crippen LogP contribution is 2.33. The number of thiol groups is 1. The van der Waals surface area contributed by atoms with Gasteiger partial charge in [0.2, 0.25) is 5.91 Å². The minimum atomic E-state index is -0.925. The summed E-state index contributed by atoms with van der Waals surface area (Å²) in [7, 11) is 0. The zero-order chi connectivity index (χ0) is 15.4. The third-order valence-electron chi connectivity index (χ3n) is 3.57. The second-order valence-electron chi connectivity index (χ2n) is 5.22. The Morgan fingerprint density at radius 1 is 1.43 bits per heavy atom. The van der Waals surface area contributed by atoms with Crippen LogP contribution in [0.25, 0.3) is 0 Å². The maximum atomic E-state index is 12.3. The maximum absolute atomic E-state index is 12.3. The van der Waals surface area contributed by atoms with E-state index in [0.717, 1.165) is 4.90 Å². The predicted octanol–water partition coefficient (Wildman–Crippen LogP) is 2.40. The van der Waals surface area contributed by atoms with Gasteiger partial charge in [0.1, 0.15) is 6.04 Å². The van der Waals surface area contributed by atoms with Crippen molar-refractivity contribution in [1.29, 1.82) is 0 Å².